The predicted molar refractivity (Wildman–Crippen MR) is 49.5 cm³/mol. The van der Waals surface area contributed by atoms with Gasteiger partial charge in [0, 0.05) is 12.5 Å². The number of carbonyl (C=O) groups is 1. The molecule has 0 aliphatic heterocycles. The summed E-state index contributed by atoms with van der Waals surface area (Å²) in [6, 6.07) is 0. The van der Waals surface area contributed by atoms with Crippen molar-refractivity contribution in [2.45, 2.75) is 33.3 Å². The summed E-state index contributed by atoms with van der Waals surface area (Å²) in [6.07, 6.45) is 0.447. The van der Waals surface area contributed by atoms with Gasteiger partial charge in [0.1, 0.15) is 0 Å². The molecule has 0 spiro atoms. The zero-order valence-corrected chi connectivity index (χ0v) is 8.70. The van der Waals surface area contributed by atoms with Gasteiger partial charge in [-0.15, -0.1) is 0 Å². The highest BCUT2D eigenvalue weighted by Gasteiger charge is 2.51. The number of hydrogen-bond donors (Lipinski definition) is 1. The van der Waals surface area contributed by atoms with Crippen molar-refractivity contribution in [3.63, 3.8) is 0 Å². The van der Waals surface area contributed by atoms with E-state index in [4.69, 9.17) is 9.84 Å². The van der Waals surface area contributed by atoms with Crippen molar-refractivity contribution in [1.29, 1.82) is 0 Å². The van der Waals surface area contributed by atoms with Crippen LogP contribution in [0.2, 0.25) is 0 Å². The Bertz CT molecular complexity index is 210. The van der Waals surface area contributed by atoms with Gasteiger partial charge in [-0.3, -0.25) is 0 Å². The third-order valence-electron chi connectivity index (χ3n) is 3.20. The molecular formula is C10H18O3. The molecule has 1 N–H and O–H groups in total. The van der Waals surface area contributed by atoms with Crippen LogP contribution in [-0.2, 0) is 9.53 Å². The van der Waals surface area contributed by atoms with Gasteiger partial charge in [-0.2, -0.15) is 0 Å². The lowest BCUT2D eigenvalue weighted by Crippen LogP contribution is -2.40. The van der Waals surface area contributed by atoms with Gasteiger partial charge >= 0.3 is 5.97 Å². The molecule has 1 rings (SSSR count). The van der Waals surface area contributed by atoms with Gasteiger partial charge in [0.25, 0.3) is 0 Å². The fraction of sp³-hybridized carbons (Fsp3) is 0.900. The van der Waals surface area contributed by atoms with Gasteiger partial charge in [-0.25, -0.2) is 4.79 Å². The molecule has 0 bridgehead atoms. The fourth-order valence-corrected chi connectivity index (χ4v) is 2.28. The first-order valence-electron chi connectivity index (χ1n) is 4.66. The molecule has 0 radical (unpaired) electrons. The fourth-order valence-electron chi connectivity index (χ4n) is 2.28. The third kappa shape index (κ3) is 1.85. The summed E-state index contributed by atoms with van der Waals surface area (Å²) in [4.78, 5) is 10.9. The van der Waals surface area contributed by atoms with Gasteiger partial charge in [0.2, 0.25) is 0 Å². The minimum Gasteiger partial charge on any atom is -0.479 e. The molecule has 3 nitrogen and oxygen atoms in total. The SMILES string of the molecule is COC(C(=O)O)C(C)(C)C1CC1C. The van der Waals surface area contributed by atoms with Crippen LogP contribution in [-0.4, -0.2) is 24.3 Å². The lowest BCUT2D eigenvalue weighted by atomic mass is 9.80. The van der Waals surface area contributed by atoms with Crippen LogP contribution < -0.4 is 0 Å². The largest absolute Gasteiger partial charge is 0.479 e. The number of aliphatic carboxylic acids is 1. The third-order valence-corrected chi connectivity index (χ3v) is 3.20. The number of carboxylic acid groups (broad SMARTS) is 1. The zero-order valence-electron chi connectivity index (χ0n) is 8.70. The number of methoxy groups -OCH3 is 1. The van der Waals surface area contributed by atoms with Crippen molar-refractivity contribution < 1.29 is 14.6 Å². The Morgan fingerprint density at radius 1 is 1.62 bits per heavy atom. The summed E-state index contributed by atoms with van der Waals surface area (Å²) in [7, 11) is 1.47. The van der Waals surface area contributed by atoms with E-state index in [0.717, 1.165) is 6.42 Å². The summed E-state index contributed by atoms with van der Waals surface area (Å²) in [5.41, 5.74) is -0.250. The molecule has 13 heavy (non-hydrogen) atoms. The first kappa shape index (κ1) is 10.5. The topological polar surface area (TPSA) is 46.5 Å². The summed E-state index contributed by atoms with van der Waals surface area (Å²) in [6.45, 7) is 6.11. The van der Waals surface area contributed by atoms with E-state index in [1.165, 1.54) is 7.11 Å². The highest BCUT2D eigenvalue weighted by atomic mass is 16.5. The van der Waals surface area contributed by atoms with E-state index in [0.29, 0.717) is 11.8 Å². The number of ether oxygens (including phenoxy) is 1. The molecule has 0 aromatic rings. The van der Waals surface area contributed by atoms with Gasteiger partial charge in [-0.05, 0) is 18.3 Å². The lowest BCUT2D eigenvalue weighted by molar-refractivity contribution is -0.157. The van der Waals surface area contributed by atoms with Crippen LogP contribution in [0.5, 0.6) is 0 Å². The van der Waals surface area contributed by atoms with Crippen LogP contribution in [0.15, 0.2) is 0 Å². The molecule has 1 aliphatic rings. The monoisotopic (exact) mass is 186 g/mol. The van der Waals surface area contributed by atoms with E-state index in [1.807, 2.05) is 13.8 Å². The first-order chi connectivity index (χ1) is 5.91. The molecule has 0 saturated heterocycles. The molecule has 1 fully saturated rings. The van der Waals surface area contributed by atoms with Crippen LogP contribution in [0.4, 0.5) is 0 Å². The molecule has 0 aromatic carbocycles. The highest BCUT2D eigenvalue weighted by molar-refractivity contribution is 5.73. The average Bonchev–Trinajstić information content (AvgIpc) is 2.66. The standard InChI is InChI=1S/C10H18O3/c1-6-5-7(6)10(2,3)8(13-4)9(11)12/h6-8H,5H2,1-4H3,(H,11,12). The quantitative estimate of drug-likeness (QED) is 0.727. The molecule has 76 valence electrons. The second-order valence-electron chi connectivity index (χ2n) is 4.59. The van der Waals surface area contributed by atoms with Crippen molar-refractivity contribution >= 4 is 5.97 Å². The number of rotatable bonds is 4. The molecule has 0 aromatic heterocycles. The van der Waals surface area contributed by atoms with Crippen LogP contribution in [0, 0.1) is 17.3 Å². The summed E-state index contributed by atoms with van der Waals surface area (Å²) >= 11 is 0. The zero-order chi connectivity index (χ0) is 10.2. The minimum absolute atomic E-state index is 0.250. The highest BCUT2D eigenvalue weighted by Crippen LogP contribution is 2.52. The number of carboxylic acids is 1. The molecule has 3 atom stereocenters. The van der Waals surface area contributed by atoms with Crippen molar-refractivity contribution in [3.05, 3.63) is 0 Å². The van der Waals surface area contributed by atoms with E-state index in [9.17, 15) is 4.79 Å². The van der Waals surface area contributed by atoms with Gasteiger partial charge in [-0.1, -0.05) is 20.8 Å². The minimum atomic E-state index is -0.855. The summed E-state index contributed by atoms with van der Waals surface area (Å²) < 4.78 is 5.03. The first-order valence-corrected chi connectivity index (χ1v) is 4.66. The smallest absolute Gasteiger partial charge is 0.333 e. The van der Waals surface area contributed by atoms with E-state index in [2.05, 4.69) is 6.92 Å². The molecule has 1 saturated carbocycles. The van der Waals surface area contributed by atoms with E-state index >= 15 is 0 Å². The Hall–Kier alpha value is -0.570. The van der Waals surface area contributed by atoms with E-state index in [1.54, 1.807) is 0 Å². The maximum Gasteiger partial charge on any atom is 0.333 e. The lowest BCUT2D eigenvalue weighted by Gasteiger charge is -2.30. The van der Waals surface area contributed by atoms with Crippen LogP contribution in [0.1, 0.15) is 27.2 Å². The van der Waals surface area contributed by atoms with Gasteiger partial charge in [0.05, 0.1) is 0 Å². The molecule has 3 unspecified atom stereocenters. The Labute approximate surface area is 79.1 Å². The maximum absolute atomic E-state index is 10.9. The van der Waals surface area contributed by atoms with Crippen molar-refractivity contribution in [3.8, 4) is 0 Å². The Morgan fingerprint density at radius 2 is 2.08 bits per heavy atom. The molecule has 0 heterocycles. The van der Waals surface area contributed by atoms with Gasteiger partial charge in [0.15, 0.2) is 6.10 Å². The second-order valence-corrected chi connectivity index (χ2v) is 4.59. The second kappa shape index (κ2) is 3.29. The summed E-state index contributed by atoms with van der Waals surface area (Å²) in [5.74, 6) is 0.284. The molecule has 3 heteroatoms. The molecular weight excluding hydrogens is 168 g/mol. The Balaban J connectivity index is 2.71. The average molecular weight is 186 g/mol. The van der Waals surface area contributed by atoms with Crippen molar-refractivity contribution in [2.75, 3.05) is 7.11 Å². The molecule has 0 amide bonds. The van der Waals surface area contributed by atoms with Gasteiger partial charge < -0.3 is 9.84 Å². The summed E-state index contributed by atoms with van der Waals surface area (Å²) in [5, 5.41) is 8.95. The molecule has 1 aliphatic carbocycles. The van der Waals surface area contributed by atoms with Crippen LogP contribution >= 0.6 is 0 Å². The van der Waals surface area contributed by atoms with Crippen LogP contribution in [0.3, 0.4) is 0 Å². The van der Waals surface area contributed by atoms with Crippen LogP contribution in [0.25, 0.3) is 0 Å². The Kier molecular flexibility index (Phi) is 2.66. The van der Waals surface area contributed by atoms with E-state index in [-0.39, 0.29) is 5.41 Å². The van der Waals surface area contributed by atoms with E-state index < -0.39 is 12.1 Å². The predicted octanol–water partition coefficient (Wildman–Crippen LogP) is 1.77. The maximum atomic E-state index is 10.9. The van der Waals surface area contributed by atoms with Crippen molar-refractivity contribution in [1.82, 2.24) is 0 Å². The normalized spacial score (nSPS) is 29.8. The Morgan fingerprint density at radius 3 is 2.31 bits per heavy atom. The van der Waals surface area contributed by atoms with Crippen molar-refractivity contribution in [2.24, 2.45) is 17.3 Å². The number of hydrogen-bond acceptors (Lipinski definition) is 2.